The quantitative estimate of drug-likeness (QED) is 0.773. The van der Waals surface area contributed by atoms with Gasteiger partial charge in [0.15, 0.2) is 0 Å². The number of aromatic amines is 1. The first-order chi connectivity index (χ1) is 10.1. The number of rotatable bonds is 3. The van der Waals surface area contributed by atoms with Gasteiger partial charge < -0.3 is 14.8 Å². The van der Waals surface area contributed by atoms with Crippen molar-refractivity contribution in [2.45, 2.75) is 0 Å². The molecule has 0 bridgehead atoms. The van der Waals surface area contributed by atoms with Crippen LogP contribution in [-0.2, 0) is 0 Å². The number of fused-ring (bicyclic) bond motifs is 1. The maximum atomic E-state index is 11.6. The molecule has 0 fully saturated rings. The van der Waals surface area contributed by atoms with Crippen molar-refractivity contribution in [3.63, 3.8) is 0 Å². The summed E-state index contributed by atoms with van der Waals surface area (Å²) in [6, 6.07) is 15.7. The minimum absolute atomic E-state index is 0.292. The van der Waals surface area contributed by atoms with Gasteiger partial charge in [-0.1, -0.05) is 18.2 Å². The molecule has 0 amide bonds. The van der Waals surface area contributed by atoms with Crippen LogP contribution < -0.4 is 10.3 Å². The molecule has 1 heterocycles. The third-order valence-corrected chi connectivity index (χ3v) is 3.03. The molecular weight excluding hydrogens is 270 g/mol. The minimum Gasteiger partial charge on any atom is -0.477 e. The van der Waals surface area contributed by atoms with Crippen LogP contribution in [0, 0.1) is 0 Å². The zero-order valence-corrected chi connectivity index (χ0v) is 10.9. The number of benzene rings is 2. The summed E-state index contributed by atoms with van der Waals surface area (Å²) in [5.74, 6) is -0.00986. The Labute approximate surface area is 119 Å². The van der Waals surface area contributed by atoms with Crippen LogP contribution in [0.5, 0.6) is 11.5 Å². The number of nitrogens with one attached hydrogen (secondary N) is 1. The van der Waals surface area contributed by atoms with Crippen molar-refractivity contribution >= 4 is 16.9 Å². The Morgan fingerprint density at radius 2 is 1.76 bits per heavy atom. The van der Waals surface area contributed by atoms with Gasteiger partial charge in [-0.2, -0.15) is 0 Å². The molecule has 0 unspecified atom stereocenters. The van der Waals surface area contributed by atoms with Crippen molar-refractivity contribution < 1.29 is 14.6 Å². The minimum atomic E-state index is -1.26. The third-order valence-electron chi connectivity index (χ3n) is 3.03. The molecule has 104 valence electrons. The topological polar surface area (TPSA) is 79.4 Å². The Bertz CT molecular complexity index is 868. The van der Waals surface area contributed by atoms with Crippen molar-refractivity contribution in [1.82, 2.24) is 4.98 Å². The first-order valence-electron chi connectivity index (χ1n) is 6.27. The number of aromatic nitrogens is 1. The highest BCUT2D eigenvalue weighted by atomic mass is 16.5. The molecule has 1 aromatic heterocycles. The number of carboxylic acids is 1. The molecular formula is C16H11NO4. The summed E-state index contributed by atoms with van der Waals surface area (Å²) in [7, 11) is 0. The number of hydrogen-bond acceptors (Lipinski definition) is 3. The molecule has 5 nitrogen and oxygen atoms in total. The second-order valence-electron chi connectivity index (χ2n) is 4.48. The molecule has 0 aliphatic rings. The summed E-state index contributed by atoms with van der Waals surface area (Å²) in [4.78, 5) is 25.1. The van der Waals surface area contributed by atoms with Crippen LogP contribution in [0.15, 0.2) is 59.4 Å². The molecule has 3 rings (SSSR count). The molecule has 21 heavy (non-hydrogen) atoms. The zero-order chi connectivity index (χ0) is 14.8. The van der Waals surface area contributed by atoms with Gasteiger partial charge in [0.25, 0.3) is 5.56 Å². The molecule has 2 N–H and O–H groups in total. The fourth-order valence-corrected chi connectivity index (χ4v) is 2.03. The summed E-state index contributed by atoms with van der Waals surface area (Å²) in [6.45, 7) is 0. The van der Waals surface area contributed by atoms with Crippen LogP contribution >= 0.6 is 0 Å². The van der Waals surface area contributed by atoms with E-state index in [2.05, 4.69) is 4.98 Å². The number of hydrogen-bond donors (Lipinski definition) is 2. The Hall–Kier alpha value is -3.08. The number of H-pyrrole nitrogens is 1. The Kier molecular flexibility index (Phi) is 3.16. The Balaban J connectivity index is 2.05. The fourth-order valence-electron chi connectivity index (χ4n) is 2.03. The van der Waals surface area contributed by atoms with E-state index >= 15 is 0 Å². The van der Waals surface area contributed by atoms with E-state index < -0.39 is 11.5 Å². The van der Waals surface area contributed by atoms with Crippen LogP contribution in [-0.4, -0.2) is 16.1 Å². The second-order valence-corrected chi connectivity index (χ2v) is 4.48. The van der Waals surface area contributed by atoms with Crippen LogP contribution in [0.25, 0.3) is 10.9 Å². The first-order valence-corrected chi connectivity index (χ1v) is 6.27. The van der Waals surface area contributed by atoms with Gasteiger partial charge in [0, 0.05) is 10.9 Å². The fraction of sp³-hybridized carbons (Fsp3) is 0. The lowest BCUT2D eigenvalue weighted by atomic mass is 10.1. The smallest absolute Gasteiger partial charge is 0.341 e. The van der Waals surface area contributed by atoms with Gasteiger partial charge in [-0.25, -0.2) is 4.79 Å². The van der Waals surface area contributed by atoms with Gasteiger partial charge in [-0.3, -0.25) is 4.79 Å². The van der Waals surface area contributed by atoms with Crippen LogP contribution in [0.1, 0.15) is 10.4 Å². The Morgan fingerprint density at radius 3 is 2.48 bits per heavy atom. The summed E-state index contributed by atoms with van der Waals surface area (Å²) < 4.78 is 5.68. The molecule has 0 saturated carbocycles. The standard InChI is InChI=1S/C16H11NO4/c18-15-13(16(19)20)9-10-8-12(6-7-14(10)17-15)21-11-4-2-1-3-5-11/h1-9H,(H,17,18)(H,19,20). The average Bonchev–Trinajstić information content (AvgIpc) is 2.47. The average molecular weight is 281 g/mol. The summed E-state index contributed by atoms with van der Waals surface area (Å²) >= 11 is 0. The van der Waals surface area contributed by atoms with Gasteiger partial charge in [-0.05, 0) is 36.4 Å². The lowest BCUT2D eigenvalue weighted by Gasteiger charge is -2.07. The molecule has 0 aliphatic carbocycles. The summed E-state index contributed by atoms with van der Waals surface area (Å²) in [5, 5.41) is 9.58. The van der Waals surface area contributed by atoms with E-state index in [1.807, 2.05) is 30.3 Å². The lowest BCUT2D eigenvalue weighted by Crippen LogP contribution is -2.16. The predicted molar refractivity (Wildman–Crippen MR) is 78.0 cm³/mol. The van der Waals surface area contributed by atoms with Gasteiger partial charge >= 0.3 is 5.97 Å². The molecule has 3 aromatic rings. The summed E-state index contributed by atoms with van der Waals surface area (Å²) in [5.41, 5.74) is -0.350. The first kappa shape index (κ1) is 12.9. The van der Waals surface area contributed by atoms with Crippen molar-refractivity contribution in [1.29, 1.82) is 0 Å². The van der Waals surface area contributed by atoms with E-state index in [4.69, 9.17) is 9.84 Å². The van der Waals surface area contributed by atoms with Gasteiger partial charge in [0.2, 0.25) is 0 Å². The van der Waals surface area contributed by atoms with Crippen molar-refractivity contribution in [2.75, 3.05) is 0 Å². The second kappa shape index (κ2) is 5.13. The molecule has 0 atom stereocenters. The predicted octanol–water partition coefficient (Wildman–Crippen LogP) is 3.02. The molecule has 0 spiro atoms. The lowest BCUT2D eigenvalue weighted by molar-refractivity contribution is 0.0695. The van der Waals surface area contributed by atoms with E-state index in [1.165, 1.54) is 6.07 Å². The largest absolute Gasteiger partial charge is 0.477 e. The molecule has 0 aliphatic heterocycles. The highest BCUT2D eigenvalue weighted by molar-refractivity contribution is 5.92. The highest BCUT2D eigenvalue weighted by Gasteiger charge is 2.10. The highest BCUT2D eigenvalue weighted by Crippen LogP contribution is 2.24. The van der Waals surface area contributed by atoms with Crippen LogP contribution in [0.4, 0.5) is 0 Å². The van der Waals surface area contributed by atoms with Crippen LogP contribution in [0.3, 0.4) is 0 Å². The number of carbonyl (C=O) groups is 1. The number of para-hydroxylation sites is 1. The molecule has 5 heteroatoms. The van der Waals surface area contributed by atoms with Gasteiger partial charge in [-0.15, -0.1) is 0 Å². The van der Waals surface area contributed by atoms with E-state index in [1.54, 1.807) is 18.2 Å². The van der Waals surface area contributed by atoms with Gasteiger partial charge in [0.1, 0.15) is 17.1 Å². The molecule has 0 radical (unpaired) electrons. The Morgan fingerprint density at radius 1 is 1.00 bits per heavy atom. The van der Waals surface area contributed by atoms with Crippen molar-refractivity contribution in [2.24, 2.45) is 0 Å². The monoisotopic (exact) mass is 281 g/mol. The number of pyridine rings is 1. The molecule has 0 saturated heterocycles. The van der Waals surface area contributed by atoms with E-state index in [9.17, 15) is 9.59 Å². The van der Waals surface area contributed by atoms with E-state index in [0.717, 1.165) is 0 Å². The third kappa shape index (κ3) is 2.62. The normalized spacial score (nSPS) is 10.5. The van der Waals surface area contributed by atoms with Crippen molar-refractivity contribution in [3.05, 3.63) is 70.5 Å². The number of aromatic carboxylic acids is 1. The number of carboxylic acid groups (broad SMARTS) is 1. The van der Waals surface area contributed by atoms with Crippen LogP contribution in [0.2, 0.25) is 0 Å². The van der Waals surface area contributed by atoms with E-state index in [-0.39, 0.29) is 5.56 Å². The van der Waals surface area contributed by atoms with Gasteiger partial charge in [0.05, 0.1) is 0 Å². The van der Waals surface area contributed by atoms with Crippen molar-refractivity contribution in [3.8, 4) is 11.5 Å². The van der Waals surface area contributed by atoms with E-state index in [0.29, 0.717) is 22.4 Å². The molecule has 2 aromatic carbocycles. The SMILES string of the molecule is O=C(O)c1cc2cc(Oc3ccccc3)ccc2[nH]c1=O. The maximum absolute atomic E-state index is 11.6. The zero-order valence-electron chi connectivity index (χ0n) is 10.9. The summed E-state index contributed by atoms with van der Waals surface area (Å²) in [6.07, 6.45) is 0. The number of ether oxygens (including phenoxy) is 1. The maximum Gasteiger partial charge on any atom is 0.341 e.